The van der Waals surface area contributed by atoms with Crippen LogP contribution in [0.1, 0.15) is 51.2 Å². The molecule has 0 saturated heterocycles. The van der Waals surface area contributed by atoms with Gasteiger partial charge in [0.2, 0.25) is 0 Å². The number of methoxy groups -OCH3 is 1. The van der Waals surface area contributed by atoms with Gasteiger partial charge in [-0.2, -0.15) is 0 Å². The minimum Gasteiger partial charge on any atom is -0.380 e. The van der Waals surface area contributed by atoms with Crippen molar-refractivity contribution in [1.82, 2.24) is 0 Å². The summed E-state index contributed by atoms with van der Waals surface area (Å²) in [7, 11) is 1.75. The van der Waals surface area contributed by atoms with Gasteiger partial charge in [-0.25, -0.2) is 0 Å². The molecule has 0 spiro atoms. The first-order valence-electron chi connectivity index (χ1n) is 7.12. The van der Waals surface area contributed by atoms with Crippen molar-refractivity contribution in [3.05, 3.63) is 35.4 Å². The molecule has 1 saturated carbocycles. The Hall–Kier alpha value is -0.820. The largest absolute Gasteiger partial charge is 0.380 e. The Morgan fingerprint density at radius 3 is 2.17 bits per heavy atom. The lowest BCUT2D eigenvalue weighted by atomic mass is 9.64. The number of hydrogen-bond donors (Lipinski definition) is 0. The third-order valence-corrected chi connectivity index (χ3v) is 4.36. The van der Waals surface area contributed by atoms with Crippen LogP contribution in [0.4, 0.5) is 0 Å². The van der Waals surface area contributed by atoms with Gasteiger partial charge < -0.3 is 4.74 Å². The summed E-state index contributed by atoms with van der Waals surface area (Å²) in [5.74, 6) is 1.69. The SMILES string of the molecule is COCc1ccc(C2(C)CC(C)CC(C)C2)cc1. The van der Waals surface area contributed by atoms with Gasteiger partial charge in [0.15, 0.2) is 0 Å². The van der Waals surface area contributed by atoms with E-state index in [2.05, 4.69) is 45.0 Å². The van der Waals surface area contributed by atoms with Crippen molar-refractivity contribution in [2.75, 3.05) is 7.11 Å². The minimum absolute atomic E-state index is 0.364. The van der Waals surface area contributed by atoms with E-state index in [1.54, 1.807) is 7.11 Å². The highest BCUT2D eigenvalue weighted by molar-refractivity contribution is 5.29. The van der Waals surface area contributed by atoms with Gasteiger partial charge in [-0.1, -0.05) is 45.0 Å². The lowest BCUT2D eigenvalue weighted by molar-refractivity contribution is 0.184. The van der Waals surface area contributed by atoms with E-state index < -0.39 is 0 Å². The lowest BCUT2D eigenvalue weighted by Crippen LogP contribution is -2.32. The zero-order valence-corrected chi connectivity index (χ0v) is 12.2. The van der Waals surface area contributed by atoms with E-state index in [1.165, 1.54) is 30.4 Å². The van der Waals surface area contributed by atoms with E-state index in [0.29, 0.717) is 12.0 Å². The molecule has 0 amide bonds. The highest BCUT2D eigenvalue weighted by Gasteiger charge is 2.35. The Morgan fingerprint density at radius 1 is 1.11 bits per heavy atom. The highest BCUT2D eigenvalue weighted by Crippen LogP contribution is 2.44. The predicted molar refractivity (Wildman–Crippen MR) is 76.7 cm³/mol. The van der Waals surface area contributed by atoms with Crippen LogP contribution < -0.4 is 0 Å². The Bertz CT molecular complexity index is 369. The first-order valence-corrected chi connectivity index (χ1v) is 7.12. The molecule has 1 heteroatoms. The maximum atomic E-state index is 5.17. The van der Waals surface area contributed by atoms with Crippen molar-refractivity contribution in [2.45, 2.75) is 52.1 Å². The fraction of sp³-hybridized carbons (Fsp3) is 0.647. The number of benzene rings is 1. The van der Waals surface area contributed by atoms with Gasteiger partial charge >= 0.3 is 0 Å². The molecular weight excluding hydrogens is 220 g/mol. The van der Waals surface area contributed by atoms with Crippen molar-refractivity contribution < 1.29 is 4.74 Å². The van der Waals surface area contributed by atoms with Crippen molar-refractivity contribution in [3.63, 3.8) is 0 Å². The first kappa shape index (κ1) is 13.6. The summed E-state index contributed by atoms with van der Waals surface area (Å²) in [6.45, 7) is 7.94. The zero-order chi connectivity index (χ0) is 13.2. The molecule has 0 N–H and O–H groups in total. The van der Waals surface area contributed by atoms with Gasteiger partial charge in [-0.05, 0) is 47.6 Å². The number of hydrogen-bond acceptors (Lipinski definition) is 1. The Kier molecular flexibility index (Phi) is 4.11. The molecule has 0 bridgehead atoms. The molecule has 1 nitrogen and oxygen atoms in total. The van der Waals surface area contributed by atoms with Gasteiger partial charge in [0.25, 0.3) is 0 Å². The van der Waals surface area contributed by atoms with Gasteiger partial charge in [0.1, 0.15) is 0 Å². The average Bonchev–Trinajstić information content (AvgIpc) is 2.28. The lowest BCUT2D eigenvalue weighted by Gasteiger charge is -2.41. The van der Waals surface area contributed by atoms with Crippen LogP contribution in [0.25, 0.3) is 0 Å². The summed E-state index contributed by atoms with van der Waals surface area (Å²) in [4.78, 5) is 0. The zero-order valence-electron chi connectivity index (χ0n) is 12.2. The summed E-state index contributed by atoms with van der Waals surface area (Å²) >= 11 is 0. The van der Waals surface area contributed by atoms with Crippen LogP contribution in [-0.4, -0.2) is 7.11 Å². The van der Waals surface area contributed by atoms with E-state index in [9.17, 15) is 0 Å². The summed E-state index contributed by atoms with van der Waals surface area (Å²) in [5, 5.41) is 0. The maximum Gasteiger partial charge on any atom is 0.0713 e. The van der Waals surface area contributed by atoms with Crippen molar-refractivity contribution >= 4 is 0 Å². The Labute approximate surface area is 112 Å². The van der Waals surface area contributed by atoms with E-state index in [4.69, 9.17) is 4.74 Å². The summed E-state index contributed by atoms with van der Waals surface area (Å²) in [5.41, 5.74) is 3.13. The molecule has 1 fully saturated rings. The molecule has 1 aliphatic rings. The molecule has 100 valence electrons. The topological polar surface area (TPSA) is 9.23 Å². The molecule has 1 aliphatic carbocycles. The minimum atomic E-state index is 0.364. The molecule has 2 unspecified atom stereocenters. The second-order valence-corrected chi connectivity index (χ2v) is 6.54. The third kappa shape index (κ3) is 2.95. The highest BCUT2D eigenvalue weighted by atomic mass is 16.5. The van der Waals surface area contributed by atoms with Crippen molar-refractivity contribution in [3.8, 4) is 0 Å². The quantitative estimate of drug-likeness (QED) is 0.760. The fourth-order valence-corrected chi connectivity index (χ4v) is 3.88. The normalized spacial score (nSPS) is 32.4. The molecule has 1 aromatic rings. The van der Waals surface area contributed by atoms with Gasteiger partial charge in [0.05, 0.1) is 6.61 Å². The average molecular weight is 246 g/mol. The van der Waals surface area contributed by atoms with Crippen LogP contribution in [0, 0.1) is 11.8 Å². The fourth-order valence-electron chi connectivity index (χ4n) is 3.88. The van der Waals surface area contributed by atoms with Crippen molar-refractivity contribution in [1.29, 1.82) is 0 Å². The smallest absolute Gasteiger partial charge is 0.0713 e. The monoisotopic (exact) mass is 246 g/mol. The molecule has 0 aromatic heterocycles. The number of ether oxygens (including phenoxy) is 1. The van der Waals surface area contributed by atoms with Crippen LogP contribution in [0.5, 0.6) is 0 Å². The van der Waals surface area contributed by atoms with Gasteiger partial charge in [-0.15, -0.1) is 0 Å². The van der Waals surface area contributed by atoms with Gasteiger partial charge in [0, 0.05) is 7.11 Å². The van der Waals surface area contributed by atoms with Crippen LogP contribution >= 0.6 is 0 Å². The van der Waals surface area contributed by atoms with Crippen LogP contribution in [-0.2, 0) is 16.8 Å². The Morgan fingerprint density at radius 2 is 1.67 bits per heavy atom. The molecule has 0 radical (unpaired) electrons. The molecule has 0 heterocycles. The molecule has 2 rings (SSSR count). The molecule has 18 heavy (non-hydrogen) atoms. The molecule has 0 aliphatic heterocycles. The first-order chi connectivity index (χ1) is 8.53. The van der Waals surface area contributed by atoms with Crippen molar-refractivity contribution in [2.24, 2.45) is 11.8 Å². The van der Waals surface area contributed by atoms with Crippen LogP contribution in [0.2, 0.25) is 0 Å². The standard InChI is InChI=1S/C17H26O/c1-13-9-14(2)11-17(3,10-13)16-7-5-15(6-8-16)12-18-4/h5-8,13-14H,9-12H2,1-4H3. The predicted octanol–water partition coefficient (Wildman–Crippen LogP) is 4.55. The van der Waals surface area contributed by atoms with E-state index in [-0.39, 0.29) is 0 Å². The van der Waals surface area contributed by atoms with Crippen LogP contribution in [0.3, 0.4) is 0 Å². The second-order valence-electron chi connectivity index (χ2n) is 6.54. The maximum absolute atomic E-state index is 5.17. The molecule has 1 aromatic carbocycles. The van der Waals surface area contributed by atoms with E-state index in [1.807, 2.05) is 0 Å². The summed E-state index contributed by atoms with van der Waals surface area (Å²) < 4.78 is 5.17. The molecular formula is C17H26O. The van der Waals surface area contributed by atoms with Crippen LogP contribution in [0.15, 0.2) is 24.3 Å². The van der Waals surface area contributed by atoms with E-state index in [0.717, 1.165) is 11.8 Å². The van der Waals surface area contributed by atoms with Gasteiger partial charge in [-0.3, -0.25) is 0 Å². The molecule has 2 atom stereocenters. The summed E-state index contributed by atoms with van der Waals surface area (Å²) in [6.07, 6.45) is 4.03. The third-order valence-electron chi connectivity index (χ3n) is 4.36. The Balaban J connectivity index is 2.18. The number of rotatable bonds is 3. The summed E-state index contributed by atoms with van der Waals surface area (Å²) in [6, 6.07) is 9.04. The second kappa shape index (κ2) is 5.44. The van der Waals surface area contributed by atoms with E-state index >= 15 is 0 Å².